The Balaban J connectivity index is 3.15. The molecule has 0 aromatic heterocycles. The fraction of sp³-hybridized carbons (Fsp3) is 0.364. The predicted molar refractivity (Wildman–Crippen MR) is 65.0 cm³/mol. The van der Waals surface area contributed by atoms with Crippen LogP contribution in [0.25, 0.3) is 0 Å². The number of nitrogens with one attached hydrogen (secondary N) is 1. The van der Waals surface area contributed by atoms with Crippen molar-refractivity contribution in [3.05, 3.63) is 28.3 Å². The molecule has 1 unspecified atom stereocenters. The number of ether oxygens (including phenoxy) is 1. The molecular formula is C11H14N2O5. The van der Waals surface area contributed by atoms with Crippen molar-refractivity contribution in [2.45, 2.75) is 19.4 Å². The third kappa shape index (κ3) is 2.88. The Labute approximate surface area is 104 Å². The van der Waals surface area contributed by atoms with Gasteiger partial charge in [0.15, 0.2) is 5.75 Å². The Bertz CT molecular complexity index is 461. The highest BCUT2D eigenvalue weighted by molar-refractivity contribution is 5.80. The Morgan fingerprint density at radius 3 is 2.72 bits per heavy atom. The number of para-hydroxylation sites is 1. The average Bonchev–Trinajstić information content (AvgIpc) is 2.34. The molecule has 98 valence electrons. The van der Waals surface area contributed by atoms with E-state index in [0.29, 0.717) is 6.42 Å². The molecule has 0 saturated heterocycles. The van der Waals surface area contributed by atoms with Crippen LogP contribution < -0.4 is 10.1 Å². The minimum Gasteiger partial charge on any atom is -0.490 e. The van der Waals surface area contributed by atoms with Gasteiger partial charge in [-0.2, -0.15) is 0 Å². The molecule has 2 N–H and O–H groups in total. The number of benzene rings is 1. The number of methoxy groups -OCH3 is 1. The van der Waals surface area contributed by atoms with E-state index in [4.69, 9.17) is 9.84 Å². The van der Waals surface area contributed by atoms with Crippen LogP contribution in [0.2, 0.25) is 0 Å². The quantitative estimate of drug-likeness (QED) is 0.593. The van der Waals surface area contributed by atoms with Crippen LogP contribution in [0, 0.1) is 10.1 Å². The largest absolute Gasteiger partial charge is 0.490 e. The first-order valence-electron chi connectivity index (χ1n) is 5.32. The van der Waals surface area contributed by atoms with Crippen molar-refractivity contribution >= 4 is 17.3 Å². The van der Waals surface area contributed by atoms with Crippen molar-refractivity contribution in [1.82, 2.24) is 0 Å². The third-order valence-electron chi connectivity index (χ3n) is 2.44. The van der Waals surface area contributed by atoms with Crippen molar-refractivity contribution in [3.8, 4) is 5.75 Å². The minimum atomic E-state index is -1.06. The van der Waals surface area contributed by atoms with Crippen molar-refractivity contribution in [2.24, 2.45) is 0 Å². The fourth-order valence-corrected chi connectivity index (χ4v) is 1.52. The maximum atomic E-state index is 11.0. The summed E-state index contributed by atoms with van der Waals surface area (Å²) in [5.41, 5.74) is -0.131. The fourth-order valence-electron chi connectivity index (χ4n) is 1.52. The molecular weight excluding hydrogens is 240 g/mol. The van der Waals surface area contributed by atoms with Crippen LogP contribution in [0.5, 0.6) is 5.75 Å². The topological polar surface area (TPSA) is 102 Å². The minimum absolute atomic E-state index is 0.0882. The zero-order valence-corrected chi connectivity index (χ0v) is 10.0. The van der Waals surface area contributed by atoms with E-state index in [0.717, 1.165) is 0 Å². The smallest absolute Gasteiger partial charge is 0.333 e. The molecule has 7 heteroatoms. The summed E-state index contributed by atoms with van der Waals surface area (Å²) in [6.45, 7) is 1.68. The summed E-state index contributed by atoms with van der Waals surface area (Å²) in [7, 11) is 1.32. The van der Waals surface area contributed by atoms with Crippen molar-refractivity contribution in [1.29, 1.82) is 0 Å². The van der Waals surface area contributed by atoms with Gasteiger partial charge < -0.3 is 15.2 Å². The van der Waals surface area contributed by atoms with Gasteiger partial charge in [0, 0.05) is 0 Å². The molecule has 18 heavy (non-hydrogen) atoms. The van der Waals surface area contributed by atoms with Crippen molar-refractivity contribution in [2.75, 3.05) is 12.4 Å². The van der Waals surface area contributed by atoms with Crippen LogP contribution in [-0.2, 0) is 4.79 Å². The van der Waals surface area contributed by atoms with E-state index in [-0.39, 0.29) is 17.1 Å². The monoisotopic (exact) mass is 254 g/mol. The molecule has 7 nitrogen and oxygen atoms in total. The molecule has 0 bridgehead atoms. The van der Waals surface area contributed by atoms with Gasteiger partial charge >= 0.3 is 11.7 Å². The number of nitro groups is 1. The number of rotatable bonds is 6. The van der Waals surface area contributed by atoms with Gasteiger partial charge in [-0.15, -0.1) is 0 Å². The average molecular weight is 254 g/mol. The number of hydrogen-bond donors (Lipinski definition) is 2. The second kappa shape index (κ2) is 5.85. The lowest BCUT2D eigenvalue weighted by Crippen LogP contribution is -2.28. The van der Waals surface area contributed by atoms with Crippen LogP contribution >= 0.6 is 0 Å². The van der Waals surface area contributed by atoms with E-state index in [2.05, 4.69) is 5.32 Å². The molecule has 1 rings (SSSR count). The predicted octanol–water partition coefficient (Wildman–Crippen LogP) is 1.88. The number of carboxylic acid groups (broad SMARTS) is 1. The summed E-state index contributed by atoms with van der Waals surface area (Å²) in [6, 6.07) is 3.58. The Morgan fingerprint density at radius 1 is 1.61 bits per heavy atom. The van der Waals surface area contributed by atoms with Crippen molar-refractivity contribution < 1.29 is 19.6 Å². The number of hydrogen-bond acceptors (Lipinski definition) is 5. The van der Waals surface area contributed by atoms with Gasteiger partial charge in [0.25, 0.3) is 0 Å². The lowest BCUT2D eigenvalue weighted by molar-refractivity contribution is -0.384. The summed E-state index contributed by atoms with van der Waals surface area (Å²) in [6.07, 6.45) is 0.309. The normalized spacial score (nSPS) is 11.7. The molecule has 1 atom stereocenters. The third-order valence-corrected chi connectivity index (χ3v) is 2.44. The molecule has 0 aliphatic rings. The zero-order valence-electron chi connectivity index (χ0n) is 10.0. The zero-order chi connectivity index (χ0) is 13.7. The van der Waals surface area contributed by atoms with Gasteiger partial charge in [-0.25, -0.2) is 4.79 Å². The first kappa shape index (κ1) is 13.8. The van der Waals surface area contributed by atoms with E-state index in [1.807, 2.05) is 0 Å². The summed E-state index contributed by atoms with van der Waals surface area (Å²) in [5, 5.41) is 22.5. The van der Waals surface area contributed by atoms with E-state index >= 15 is 0 Å². The maximum absolute atomic E-state index is 11.0. The Hall–Kier alpha value is -2.31. The molecule has 0 aliphatic heterocycles. The molecule has 0 radical (unpaired) electrons. The van der Waals surface area contributed by atoms with Gasteiger partial charge in [-0.3, -0.25) is 10.1 Å². The summed E-state index contributed by atoms with van der Waals surface area (Å²) in [5.74, 6) is -0.972. The number of nitro benzene ring substituents is 1. The second-order valence-electron chi connectivity index (χ2n) is 3.56. The lowest BCUT2D eigenvalue weighted by atomic mass is 10.2. The van der Waals surface area contributed by atoms with Crippen LogP contribution in [0.3, 0.4) is 0 Å². The number of carboxylic acids is 1. The number of aliphatic carboxylic acids is 1. The van der Waals surface area contributed by atoms with E-state index in [1.165, 1.54) is 19.2 Å². The molecule has 0 spiro atoms. The standard InChI is InChI=1S/C11H14N2O5/c1-3-7(11(14)15)12-8-5-4-6-9(18-2)10(8)13(16)17/h4-7,12H,3H2,1-2H3,(H,14,15). The van der Waals surface area contributed by atoms with E-state index in [9.17, 15) is 14.9 Å². The van der Waals surface area contributed by atoms with E-state index in [1.54, 1.807) is 13.0 Å². The maximum Gasteiger partial charge on any atom is 0.333 e. The van der Waals surface area contributed by atoms with E-state index < -0.39 is 16.9 Å². The number of carbonyl (C=O) groups is 1. The highest BCUT2D eigenvalue weighted by Crippen LogP contribution is 2.34. The molecule has 0 amide bonds. The summed E-state index contributed by atoms with van der Waals surface area (Å²) < 4.78 is 4.89. The lowest BCUT2D eigenvalue weighted by Gasteiger charge is -2.14. The van der Waals surface area contributed by atoms with Crippen molar-refractivity contribution in [3.63, 3.8) is 0 Å². The van der Waals surface area contributed by atoms with Crippen LogP contribution in [-0.4, -0.2) is 29.2 Å². The first-order chi connectivity index (χ1) is 8.51. The second-order valence-corrected chi connectivity index (χ2v) is 3.56. The SMILES string of the molecule is CCC(Nc1cccc(OC)c1[N+](=O)[O-])C(=O)O. The first-order valence-corrected chi connectivity index (χ1v) is 5.32. The van der Waals surface area contributed by atoms with Gasteiger partial charge in [-0.05, 0) is 18.6 Å². The van der Waals surface area contributed by atoms with Gasteiger partial charge in [0.1, 0.15) is 11.7 Å². The molecule has 0 heterocycles. The number of anilines is 1. The van der Waals surface area contributed by atoms with Gasteiger partial charge in [0.05, 0.1) is 12.0 Å². The van der Waals surface area contributed by atoms with Gasteiger partial charge in [-0.1, -0.05) is 13.0 Å². The Kier molecular flexibility index (Phi) is 4.47. The summed E-state index contributed by atoms with van der Waals surface area (Å²) in [4.78, 5) is 21.3. The molecule has 0 fully saturated rings. The summed E-state index contributed by atoms with van der Waals surface area (Å²) >= 11 is 0. The molecule has 0 aliphatic carbocycles. The number of nitrogens with zero attached hydrogens (tertiary/aromatic N) is 1. The molecule has 1 aromatic carbocycles. The highest BCUT2D eigenvalue weighted by atomic mass is 16.6. The molecule has 0 saturated carbocycles. The van der Waals surface area contributed by atoms with Crippen LogP contribution in [0.4, 0.5) is 11.4 Å². The Morgan fingerprint density at radius 2 is 2.28 bits per heavy atom. The van der Waals surface area contributed by atoms with Gasteiger partial charge in [0.2, 0.25) is 0 Å². The highest BCUT2D eigenvalue weighted by Gasteiger charge is 2.24. The molecule has 1 aromatic rings. The van der Waals surface area contributed by atoms with Crippen LogP contribution in [0.15, 0.2) is 18.2 Å². The van der Waals surface area contributed by atoms with Crippen LogP contribution in [0.1, 0.15) is 13.3 Å².